The fourth-order valence-electron chi connectivity index (χ4n) is 0.958. The Morgan fingerprint density at radius 1 is 1.43 bits per heavy atom. The number of hydrogen-bond acceptors (Lipinski definition) is 6. The quantitative estimate of drug-likeness (QED) is 0.699. The van der Waals surface area contributed by atoms with Crippen molar-refractivity contribution in [3.8, 4) is 0 Å². The predicted molar refractivity (Wildman–Crippen MR) is 55.4 cm³/mol. The first-order valence-electron chi connectivity index (χ1n) is 4.60. The summed E-state index contributed by atoms with van der Waals surface area (Å²) in [5, 5.41) is 11.4. The number of hydrogen-bond donors (Lipinski definition) is 1. The van der Waals surface area contributed by atoms with E-state index in [0.717, 1.165) is 5.13 Å². The van der Waals surface area contributed by atoms with Gasteiger partial charge < -0.3 is 14.8 Å². The van der Waals surface area contributed by atoms with Crippen molar-refractivity contribution in [1.82, 2.24) is 10.2 Å². The molecule has 0 aromatic carbocycles. The molecular formula is C8H15N3O2S. The predicted octanol–water partition coefficient (Wildman–Crippen LogP) is 1.35. The van der Waals surface area contributed by atoms with Crippen LogP contribution < -0.4 is 5.32 Å². The van der Waals surface area contributed by atoms with E-state index >= 15 is 0 Å². The highest BCUT2D eigenvalue weighted by molar-refractivity contribution is 7.13. The van der Waals surface area contributed by atoms with Crippen molar-refractivity contribution in [3.05, 3.63) is 5.51 Å². The zero-order chi connectivity index (χ0) is 10.2. The van der Waals surface area contributed by atoms with Crippen molar-refractivity contribution in [2.75, 3.05) is 25.1 Å². The first kappa shape index (κ1) is 11.4. The molecule has 6 heteroatoms. The van der Waals surface area contributed by atoms with Gasteiger partial charge in [-0.25, -0.2) is 0 Å². The van der Waals surface area contributed by atoms with Gasteiger partial charge in [-0.1, -0.05) is 11.3 Å². The monoisotopic (exact) mass is 217 g/mol. The van der Waals surface area contributed by atoms with E-state index in [0.29, 0.717) is 19.8 Å². The van der Waals surface area contributed by atoms with Crippen LogP contribution in [0.3, 0.4) is 0 Å². The van der Waals surface area contributed by atoms with Crippen molar-refractivity contribution >= 4 is 16.5 Å². The first-order valence-corrected chi connectivity index (χ1v) is 5.48. The third-order valence-electron chi connectivity index (χ3n) is 1.49. The molecule has 0 saturated carbocycles. The Hall–Kier alpha value is -0.720. The normalized spacial score (nSPS) is 10.8. The van der Waals surface area contributed by atoms with Crippen LogP contribution in [0.5, 0.6) is 0 Å². The standard InChI is InChI=1S/C8H15N3O2S/c1-3-12-7(13-4-2)5-9-8-11-10-6-14-8/h6-7H,3-5H2,1-2H3,(H,9,11). The van der Waals surface area contributed by atoms with Crippen LogP contribution >= 0.6 is 11.3 Å². The van der Waals surface area contributed by atoms with Gasteiger partial charge in [-0.15, -0.1) is 10.2 Å². The summed E-state index contributed by atoms with van der Waals surface area (Å²) >= 11 is 1.46. The molecule has 80 valence electrons. The number of nitrogens with one attached hydrogen (secondary N) is 1. The van der Waals surface area contributed by atoms with E-state index in [2.05, 4.69) is 15.5 Å². The van der Waals surface area contributed by atoms with Crippen LogP contribution in [0, 0.1) is 0 Å². The lowest BCUT2D eigenvalue weighted by atomic mass is 10.6. The van der Waals surface area contributed by atoms with Gasteiger partial charge in [-0.2, -0.15) is 0 Å². The van der Waals surface area contributed by atoms with Crippen molar-refractivity contribution in [2.24, 2.45) is 0 Å². The molecular weight excluding hydrogens is 202 g/mol. The molecule has 0 bridgehead atoms. The molecule has 0 unspecified atom stereocenters. The van der Waals surface area contributed by atoms with Crippen LogP contribution in [0.4, 0.5) is 5.13 Å². The highest BCUT2D eigenvalue weighted by atomic mass is 32.1. The summed E-state index contributed by atoms with van der Waals surface area (Å²) in [6, 6.07) is 0. The van der Waals surface area contributed by atoms with Gasteiger partial charge >= 0.3 is 0 Å². The number of rotatable bonds is 7. The van der Waals surface area contributed by atoms with E-state index in [4.69, 9.17) is 9.47 Å². The van der Waals surface area contributed by atoms with Gasteiger partial charge in [0.15, 0.2) is 6.29 Å². The second-order valence-electron chi connectivity index (χ2n) is 2.47. The summed E-state index contributed by atoms with van der Waals surface area (Å²) in [7, 11) is 0. The van der Waals surface area contributed by atoms with E-state index in [-0.39, 0.29) is 6.29 Å². The number of nitrogens with zero attached hydrogens (tertiary/aromatic N) is 2. The Kier molecular flexibility index (Phi) is 5.43. The summed E-state index contributed by atoms with van der Waals surface area (Å²) in [5.74, 6) is 0. The summed E-state index contributed by atoms with van der Waals surface area (Å²) in [5.41, 5.74) is 1.68. The van der Waals surface area contributed by atoms with Crippen molar-refractivity contribution < 1.29 is 9.47 Å². The largest absolute Gasteiger partial charge is 0.355 e. The Labute approximate surface area is 87.4 Å². The van der Waals surface area contributed by atoms with Gasteiger partial charge in [0.1, 0.15) is 5.51 Å². The molecule has 0 saturated heterocycles. The lowest BCUT2D eigenvalue weighted by Crippen LogP contribution is -2.26. The maximum absolute atomic E-state index is 5.35. The fraction of sp³-hybridized carbons (Fsp3) is 0.750. The Morgan fingerprint density at radius 2 is 2.14 bits per heavy atom. The molecule has 0 aliphatic heterocycles. The van der Waals surface area contributed by atoms with Crippen LogP contribution in [-0.4, -0.2) is 36.2 Å². The van der Waals surface area contributed by atoms with Gasteiger partial charge in [0.2, 0.25) is 5.13 Å². The smallest absolute Gasteiger partial charge is 0.205 e. The average Bonchev–Trinajstić information content (AvgIpc) is 2.67. The van der Waals surface area contributed by atoms with E-state index in [9.17, 15) is 0 Å². The third-order valence-corrected chi connectivity index (χ3v) is 2.13. The van der Waals surface area contributed by atoms with Gasteiger partial charge in [-0.3, -0.25) is 0 Å². The minimum absolute atomic E-state index is 0.214. The number of anilines is 1. The van der Waals surface area contributed by atoms with Crippen molar-refractivity contribution in [1.29, 1.82) is 0 Å². The topological polar surface area (TPSA) is 56.3 Å². The zero-order valence-electron chi connectivity index (χ0n) is 8.40. The molecule has 0 atom stereocenters. The van der Waals surface area contributed by atoms with E-state index in [1.165, 1.54) is 11.3 Å². The molecule has 1 aromatic rings. The Morgan fingerprint density at radius 3 is 2.64 bits per heavy atom. The molecule has 5 nitrogen and oxygen atoms in total. The lowest BCUT2D eigenvalue weighted by Gasteiger charge is -2.16. The van der Waals surface area contributed by atoms with Crippen molar-refractivity contribution in [2.45, 2.75) is 20.1 Å². The molecule has 0 radical (unpaired) electrons. The molecule has 1 heterocycles. The molecule has 0 aliphatic carbocycles. The third kappa shape index (κ3) is 3.99. The summed E-state index contributed by atoms with van der Waals surface area (Å²) in [4.78, 5) is 0. The SMILES string of the molecule is CCOC(CNc1nncs1)OCC. The molecule has 1 aromatic heterocycles. The molecule has 1 N–H and O–H groups in total. The maximum atomic E-state index is 5.35. The number of ether oxygens (including phenoxy) is 2. The molecule has 0 aliphatic rings. The lowest BCUT2D eigenvalue weighted by molar-refractivity contribution is -0.126. The van der Waals surface area contributed by atoms with Gasteiger partial charge in [-0.05, 0) is 13.8 Å². The van der Waals surface area contributed by atoms with Crippen LogP contribution in [0.25, 0.3) is 0 Å². The molecule has 1 rings (SSSR count). The molecule has 0 spiro atoms. The fourth-order valence-corrected chi connectivity index (χ4v) is 1.41. The molecule has 14 heavy (non-hydrogen) atoms. The van der Waals surface area contributed by atoms with E-state index in [1.54, 1.807) is 5.51 Å². The highest BCUT2D eigenvalue weighted by Crippen LogP contribution is 2.08. The molecule has 0 amide bonds. The Balaban J connectivity index is 2.25. The summed E-state index contributed by atoms with van der Waals surface area (Å²) < 4.78 is 10.7. The van der Waals surface area contributed by atoms with Gasteiger partial charge in [0.05, 0.1) is 6.54 Å². The minimum Gasteiger partial charge on any atom is -0.355 e. The first-order chi connectivity index (χ1) is 6.86. The van der Waals surface area contributed by atoms with Crippen LogP contribution in [0.1, 0.15) is 13.8 Å². The number of aromatic nitrogens is 2. The second-order valence-corrected chi connectivity index (χ2v) is 3.30. The van der Waals surface area contributed by atoms with Crippen LogP contribution in [0.2, 0.25) is 0 Å². The van der Waals surface area contributed by atoms with E-state index in [1.807, 2.05) is 13.8 Å². The van der Waals surface area contributed by atoms with Crippen molar-refractivity contribution in [3.63, 3.8) is 0 Å². The van der Waals surface area contributed by atoms with E-state index < -0.39 is 0 Å². The molecule has 0 fully saturated rings. The van der Waals surface area contributed by atoms with Gasteiger partial charge in [0, 0.05) is 13.2 Å². The van der Waals surface area contributed by atoms with Crippen LogP contribution in [0.15, 0.2) is 5.51 Å². The zero-order valence-corrected chi connectivity index (χ0v) is 9.21. The maximum Gasteiger partial charge on any atom is 0.205 e. The van der Waals surface area contributed by atoms with Gasteiger partial charge in [0.25, 0.3) is 0 Å². The second kappa shape index (κ2) is 6.69. The Bertz CT molecular complexity index is 225. The summed E-state index contributed by atoms with van der Waals surface area (Å²) in [6.45, 7) is 5.76. The highest BCUT2D eigenvalue weighted by Gasteiger charge is 2.07. The minimum atomic E-state index is -0.214. The summed E-state index contributed by atoms with van der Waals surface area (Å²) in [6.07, 6.45) is -0.214. The average molecular weight is 217 g/mol. The van der Waals surface area contributed by atoms with Crippen LogP contribution in [-0.2, 0) is 9.47 Å².